The molecule has 1 saturated carbocycles. The monoisotopic (exact) mass is 501 g/mol. The molecule has 1 aromatic carbocycles. The fourth-order valence-electron chi connectivity index (χ4n) is 4.37. The fraction of sp³-hybridized carbons (Fsp3) is 0.417. The lowest BCUT2D eigenvalue weighted by molar-refractivity contribution is -0.119. The van der Waals surface area contributed by atoms with Gasteiger partial charge < -0.3 is 14.8 Å². The normalized spacial score (nSPS) is 14.6. The van der Waals surface area contributed by atoms with E-state index in [0.29, 0.717) is 12.2 Å². The molecule has 0 radical (unpaired) electrons. The summed E-state index contributed by atoms with van der Waals surface area (Å²) in [4.78, 5) is 28.2. The van der Waals surface area contributed by atoms with Crippen molar-refractivity contribution < 1.29 is 9.59 Å². The summed E-state index contributed by atoms with van der Waals surface area (Å²) in [7, 11) is 0. The van der Waals surface area contributed by atoms with Crippen LogP contribution >= 0.6 is 27.3 Å². The van der Waals surface area contributed by atoms with Crippen LogP contribution in [0.15, 0.2) is 41.8 Å². The summed E-state index contributed by atoms with van der Waals surface area (Å²) in [6, 6.07) is 12.1. The van der Waals surface area contributed by atoms with E-state index in [2.05, 4.69) is 21.2 Å². The number of anilines is 1. The van der Waals surface area contributed by atoms with Crippen molar-refractivity contribution in [2.75, 3.05) is 11.4 Å². The Labute approximate surface area is 195 Å². The first kappa shape index (κ1) is 22.1. The first-order chi connectivity index (χ1) is 15.1. The number of nitrogens with one attached hydrogen (secondary N) is 1. The summed E-state index contributed by atoms with van der Waals surface area (Å²) < 4.78 is 2.91. The molecule has 0 saturated heterocycles. The van der Waals surface area contributed by atoms with Gasteiger partial charge in [0.2, 0.25) is 5.91 Å². The minimum Gasteiger partial charge on any atom is -0.348 e. The van der Waals surface area contributed by atoms with Gasteiger partial charge in [0.05, 0.1) is 10.2 Å². The van der Waals surface area contributed by atoms with Crippen LogP contribution in [0.3, 0.4) is 0 Å². The molecule has 3 aromatic rings. The average Bonchev–Trinajstić information content (AvgIpc) is 3.38. The van der Waals surface area contributed by atoms with E-state index in [9.17, 15) is 9.59 Å². The average molecular weight is 502 g/mol. The second-order valence-electron chi connectivity index (χ2n) is 8.04. The van der Waals surface area contributed by atoms with E-state index < -0.39 is 0 Å². The standard InChI is InChI=1S/C24H28BrN3O2S/c1-2-27(19-10-6-7-17(13-19)15-25)23(29)16-28-20-11-12-31-22(20)14-21(28)24(30)26-18-8-4-3-5-9-18/h6-7,10-14,18H,2-5,8-9,15-16H2,1H3,(H,26,30). The number of rotatable bonds is 7. The van der Waals surface area contributed by atoms with E-state index in [4.69, 9.17) is 0 Å². The number of alkyl halides is 1. The maximum Gasteiger partial charge on any atom is 0.268 e. The van der Waals surface area contributed by atoms with Gasteiger partial charge in [-0.1, -0.05) is 47.3 Å². The topological polar surface area (TPSA) is 54.3 Å². The van der Waals surface area contributed by atoms with Crippen LogP contribution in [0.5, 0.6) is 0 Å². The summed E-state index contributed by atoms with van der Waals surface area (Å²) >= 11 is 5.08. The third-order valence-electron chi connectivity index (χ3n) is 5.98. The van der Waals surface area contributed by atoms with Gasteiger partial charge in [-0.2, -0.15) is 0 Å². The molecule has 2 aromatic heterocycles. The molecular formula is C24H28BrN3O2S. The molecule has 31 heavy (non-hydrogen) atoms. The fourth-order valence-corrected chi connectivity index (χ4v) is 5.54. The molecule has 2 heterocycles. The number of halogens is 1. The Morgan fingerprint density at radius 1 is 1.19 bits per heavy atom. The smallest absolute Gasteiger partial charge is 0.268 e. The maximum absolute atomic E-state index is 13.3. The van der Waals surface area contributed by atoms with Gasteiger partial charge in [-0.15, -0.1) is 11.3 Å². The van der Waals surface area contributed by atoms with Gasteiger partial charge in [-0.25, -0.2) is 0 Å². The number of likely N-dealkylation sites (N-methyl/N-ethyl adjacent to an activating group) is 1. The Bertz CT molecular complexity index is 1070. The number of carbonyl (C=O) groups excluding carboxylic acids is 2. The zero-order valence-corrected chi connectivity index (χ0v) is 20.2. The SMILES string of the molecule is CCN(C(=O)Cn1c(C(=O)NC2CCCCC2)cc2sccc21)c1cccc(CBr)c1. The predicted molar refractivity (Wildman–Crippen MR) is 131 cm³/mol. The molecule has 0 atom stereocenters. The lowest BCUT2D eigenvalue weighted by Crippen LogP contribution is -2.38. The molecule has 0 aliphatic heterocycles. The van der Waals surface area contributed by atoms with Gasteiger partial charge in [0.1, 0.15) is 12.2 Å². The van der Waals surface area contributed by atoms with Crippen LogP contribution in [0.4, 0.5) is 5.69 Å². The zero-order valence-electron chi connectivity index (χ0n) is 17.8. The number of benzene rings is 1. The van der Waals surface area contributed by atoms with Crippen molar-refractivity contribution in [3.63, 3.8) is 0 Å². The third kappa shape index (κ3) is 4.88. The highest BCUT2D eigenvalue weighted by molar-refractivity contribution is 9.08. The van der Waals surface area contributed by atoms with Gasteiger partial charge in [0.15, 0.2) is 0 Å². The Morgan fingerprint density at radius 2 is 2.00 bits per heavy atom. The van der Waals surface area contributed by atoms with Crippen LogP contribution < -0.4 is 10.2 Å². The van der Waals surface area contributed by atoms with Crippen LogP contribution in [0, 0.1) is 0 Å². The molecule has 2 amide bonds. The Kier molecular flexibility index (Phi) is 7.13. The van der Waals surface area contributed by atoms with Crippen molar-refractivity contribution in [1.82, 2.24) is 9.88 Å². The number of aromatic nitrogens is 1. The number of hydrogen-bond donors (Lipinski definition) is 1. The summed E-state index contributed by atoms with van der Waals surface area (Å²) in [5, 5.41) is 5.95. The maximum atomic E-state index is 13.3. The highest BCUT2D eigenvalue weighted by Gasteiger charge is 2.23. The number of hydrogen-bond acceptors (Lipinski definition) is 3. The lowest BCUT2D eigenvalue weighted by atomic mass is 9.95. The van der Waals surface area contributed by atoms with E-state index in [1.165, 1.54) is 19.3 Å². The lowest BCUT2D eigenvalue weighted by Gasteiger charge is -2.24. The van der Waals surface area contributed by atoms with Gasteiger partial charge in [-0.3, -0.25) is 9.59 Å². The van der Waals surface area contributed by atoms with E-state index in [-0.39, 0.29) is 24.4 Å². The number of thiophene rings is 1. The van der Waals surface area contributed by atoms with Crippen molar-refractivity contribution in [2.45, 2.75) is 56.9 Å². The Morgan fingerprint density at radius 3 is 2.74 bits per heavy atom. The van der Waals surface area contributed by atoms with Crippen molar-refractivity contribution in [2.24, 2.45) is 0 Å². The molecule has 5 nitrogen and oxygen atoms in total. The first-order valence-electron chi connectivity index (χ1n) is 10.9. The van der Waals surface area contributed by atoms with Crippen LogP contribution in [0.25, 0.3) is 10.2 Å². The largest absolute Gasteiger partial charge is 0.348 e. The molecule has 4 rings (SSSR count). The first-order valence-corrected chi connectivity index (χ1v) is 12.9. The molecule has 1 aliphatic rings. The molecule has 1 aliphatic carbocycles. The second-order valence-corrected chi connectivity index (χ2v) is 9.54. The summed E-state index contributed by atoms with van der Waals surface area (Å²) in [6.07, 6.45) is 5.65. The van der Waals surface area contributed by atoms with E-state index in [0.717, 1.165) is 39.6 Å². The summed E-state index contributed by atoms with van der Waals surface area (Å²) in [5.74, 6) is -0.0999. The molecule has 7 heteroatoms. The van der Waals surface area contributed by atoms with E-state index in [1.807, 2.05) is 53.3 Å². The van der Waals surface area contributed by atoms with Crippen LogP contribution in [-0.4, -0.2) is 29.0 Å². The van der Waals surface area contributed by atoms with Crippen molar-refractivity contribution in [1.29, 1.82) is 0 Å². The number of nitrogens with zero attached hydrogens (tertiary/aromatic N) is 2. The minimum absolute atomic E-state index is 0.0235. The number of fused-ring (bicyclic) bond motifs is 1. The Hall–Kier alpha value is -2.12. The quantitative estimate of drug-likeness (QED) is 0.421. The molecular weight excluding hydrogens is 474 g/mol. The van der Waals surface area contributed by atoms with Crippen LogP contribution in [0.2, 0.25) is 0 Å². The Balaban J connectivity index is 1.59. The van der Waals surface area contributed by atoms with E-state index in [1.54, 1.807) is 16.2 Å². The zero-order chi connectivity index (χ0) is 21.8. The molecule has 1 N–H and O–H groups in total. The molecule has 164 valence electrons. The molecule has 1 fully saturated rings. The van der Waals surface area contributed by atoms with Gasteiger partial charge in [0, 0.05) is 23.6 Å². The van der Waals surface area contributed by atoms with Crippen LogP contribution in [-0.2, 0) is 16.7 Å². The van der Waals surface area contributed by atoms with Crippen molar-refractivity contribution in [3.8, 4) is 0 Å². The predicted octanol–water partition coefficient (Wildman–Crippen LogP) is 5.71. The highest BCUT2D eigenvalue weighted by Crippen LogP contribution is 2.27. The molecule has 0 spiro atoms. The van der Waals surface area contributed by atoms with Crippen LogP contribution in [0.1, 0.15) is 55.1 Å². The summed E-state index contributed by atoms with van der Waals surface area (Å²) in [5.41, 5.74) is 3.52. The third-order valence-corrected chi connectivity index (χ3v) is 7.48. The number of amides is 2. The van der Waals surface area contributed by atoms with Gasteiger partial charge >= 0.3 is 0 Å². The van der Waals surface area contributed by atoms with E-state index >= 15 is 0 Å². The minimum atomic E-state index is -0.0764. The van der Waals surface area contributed by atoms with Crippen molar-refractivity contribution in [3.05, 3.63) is 53.0 Å². The summed E-state index contributed by atoms with van der Waals surface area (Å²) in [6.45, 7) is 2.69. The molecule has 0 bridgehead atoms. The number of carbonyl (C=O) groups is 2. The van der Waals surface area contributed by atoms with Gasteiger partial charge in [0.25, 0.3) is 5.91 Å². The highest BCUT2D eigenvalue weighted by atomic mass is 79.9. The molecule has 0 unspecified atom stereocenters. The van der Waals surface area contributed by atoms with Crippen molar-refractivity contribution >= 4 is 55.0 Å². The second kappa shape index (κ2) is 10.0. The van der Waals surface area contributed by atoms with Gasteiger partial charge in [-0.05, 0) is 55.0 Å².